The summed E-state index contributed by atoms with van der Waals surface area (Å²) in [7, 11) is 0. The highest BCUT2D eigenvalue weighted by molar-refractivity contribution is 6.30. The Bertz CT molecular complexity index is 609. The van der Waals surface area contributed by atoms with Crippen molar-refractivity contribution < 1.29 is 9.63 Å². The first kappa shape index (κ1) is 15.5. The lowest BCUT2D eigenvalue weighted by molar-refractivity contribution is 0.0564. The van der Waals surface area contributed by atoms with E-state index < -0.39 is 0 Å². The average molecular weight is 321 g/mol. The number of nitrogens with zero attached hydrogens (tertiary/aromatic N) is 2. The van der Waals surface area contributed by atoms with Crippen molar-refractivity contribution in [1.82, 2.24) is 10.1 Å². The molecule has 1 aliphatic rings. The van der Waals surface area contributed by atoms with Crippen LogP contribution < -0.4 is 0 Å². The van der Waals surface area contributed by atoms with Crippen LogP contribution in [0.4, 0.5) is 0 Å². The van der Waals surface area contributed by atoms with Crippen LogP contribution >= 0.6 is 11.6 Å². The van der Waals surface area contributed by atoms with Crippen molar-refractivity contribution >= 4 is 11.6 Å². The second-order valence-corrected chi connectivity index (χ2v) is 6.50. The number of hydrogen-bond donors (Lipinski definition) is 1. The molecule has 2 atom stereocenters. The van der Waals surface area contributed by atoms with Gasteiger partial charge >= 0.3 is 0 Å². The molecule has 2 aromatic rings. The number of aliphatic hydroxyl groups excluding tert-OH is 1. The Balaban J connectivity index is 1.65. The van der Waals surface area contributed by atoms with E-state index in [1.54, 1.807) is 0 Å². The van der Waals surface area contributed by atoms with Gasteiger partial charge in [-0.3, -0.25) is 4.90 Å². The average Bonchev–Trinajstić information content (AvgIpc) is 2.96. The summed E-state index contributed by atoms with van der Waals surface area (Å²) in [4.78, 5) is 2.33. The molecule has 118 valence electrons. The van der Waals surface area contributed by atoms with Crippen LogP contribution in [0.25, 0.3) is 11.3 Å². The third-order valence-corrected chi connectivity index (χ3v) is 4.55. The van der Waals surface area contributed by atoms with Crippen molar-refractivity contribution in [3.63, 3.8) is 0 Å². The maximum absolute atomic E-state index is 9.76. The third kappa shape index (κ3) is 3.69. The summed E-state index contributed by atoms with van der Waals surface area (Å²) in [5.41, 5.74) is 1.83. The molecule has 1 aromatic carbocycles. The van der Waals surface area contributed by atoms with Crippen LogP contribution in [0, 0.1) is 5.92 Å². The first-order valence-corrected chi connectivity index (χ1v) is 8.11. The molecule has 2 unspecified atom stereocenters. The molecule has 5 heteroatoms. The molecule has 0 aliphatic carbocycles. The number of aliphatic hydroxyl groups is 1. The Kier molecular flexibility index (Phi) is 4.81. The molecule has 22 heavy (non-hydrogen) atoms. The number of hydrogen-bond acceptors (Lipinski definition) is 4. The van der Waals surface area contributed by atoms with E-state index in [1.165, 1.54) is 0 Å². The predicted octanol–water partition coefficient (Wildman–Crippen LogP) is 3.59. The second kappa shape index (κ2) is 6.82. The zero-order chi connectivity index (χ0) is 15.5. The lowest BCUT2D eigenvalue weighted by atomic mass is 9.93. The number of likely N-dealkylation sites (tertiary alicyclic amines) is 1. The van der Waals surface area contributed by atoms with Gasteiger partial charge in [0.1, 0.15) is 5.69 Å². The van der Waals surface area contributed by atoms with Crippen LogP contribution in [0.5, 0.6) is 0 Å². The molecule has 0 radical (unpaired) electrons. The van der Waals surface area contributed by atoms with Crippen LogP contribution in [0.15, 0.2) is 34.9 Å². The largest absolute Gasteiger partial charge is 0.393 e. The predicted molar refractivity (Wildman–Crippen MR) is 86.6 cm³/mol. The molecule has 0 saturated carbocycles. The summed E-state index contributed by atoms with van der Waals surface area (Å²) in [6.07, 6.45) is 1.97. The highest BCUT2D eigenvalue weighted by Crippen LogP contribution is 2.24. The molecule has 1 aromatic heterocycles. The molecule has 1 aliphatic heterocycles. The molecular formula is C17H21ClN2O2. The maximum Gasteiger partial charge on any atom is 0.151 e. The zero-order valence-electron chi connectivity index (χ0n) is 12.7. The Morgan fingerprint density at radius 1 is 1.41 bits per heavy atom. The van der Waals surface area contributed by atoms with Gasteiger partial charge in [0.05, 0.1) is 12.6 Å². The molecule has 2 heterocycles. The van der Waals surface area contributed by atoms with Gasteiger partial charge in [-0.15, -0.1) is 0 Å². The van der Waals surface area contributed by atoms with Gasteiger partial charge in [0.25, 0.3) is 0 Å². The van der Waals surface area contributed by atoms with Gasteiger partial charge in [-0.2, -0.15) is 0 Å². The van der Waals surface area contributed by atoms with Gasteiger partial charge < -0.3 is 9.63 Å². The molecule has 0 amide bonds. The van der Waals surface area contributed by atoms with Crippen LogP contribution in [-0.4, -0.2) is 34.4 Å². The zero-order valence-corrected chi connectivity index (χ0v) is 13.5. The quantitative estimate of drug-likeness (QED) is 0.935. The topological polar surface area (TPSA) is 49.5 Å². The van der Waals surface area contributed by atoms with Crippen LogP contribution in [0.3, 0.4) is 0 Å². The first-order chi connectivity index (χ1) is 10.6. The van der Waals surface area contributed by atoms with E-state index in [0.29, 0.717) is 10.9 Å². The van der Waals surface area contributed by atoms with Gasteiger partial charge in [0, 0.05) is 23.2 Å². The van der Waals surface area contributed by atoms with Gasteiger partial charge in [-0.1, -0.05) is 28.9 Å². The van der Waals surface area contributed by atoms with Crippen LogP contribution in [0.1, 0.15) is 25.5 Å². The Morgan fingerprint density at radius 2 is 2.18 bits per heavy atom. The molecule has 4 nitrogen and oxygen atoms in total. The molecule has 0 spiro atoms. The summed E-state index contributed by atoms with van der Waals surface area (Å²) in [5, 5.41) is 14.6. The Hall–Kier alpha value is -1.36. The van der Waals surface area contributed by atoms with Crippen molar-refractivity contribution in [3.05, 3.63) is 41.1 Å². The smallest absolute Gasteiger partial charge is 0.151 e. The van der Waals surface area contributed by atoms with Gasteiger partial charge in [0.2, 0.25) is 0 Å². The number of benzene rings is 1. The molecule has 3 rings (SSSR count). The minimum Gasteiger partial charge on any atom is -0.393 e. The fraction of sp³-hybridized carbons (Fsp3) is 0.471. The normalized spacial score (nSPS) is 21.0. The number of halogens is 1. The van der Waals surface area contributed by atoms with E-state index in [1.807, 2.05) is 37.3 Å². The van der Waals surface area contributed by atoms with Crippen LogP contribution in [-0.2, 0) is 6.54 Å². The highest BCUT2D eigenvalue weighted by atomic mass is 35.5. The van der Waals surface area contributed by atoms with Crippen molar-refractivity contribution in [1.29, 1.82) is 0 Å². The molecular weight excluding hydrogens is 300 g/mol. The minimum atomic E-state index is -0.248. The molecule has 1 N–H and O–H groups in total. The first-order valence-electron chi connectivity index (χ1n) is 7.74. The summed E-state index contributed by atoms with van der Waals surface area (Å²) in [6.45, 7) is 4.57. The maximum atomic E-state index is 9.76. The summed E-state index contributed by atoms with van der Waals surface area (Å²) in [5.74, 6) is 1.21. The number of piperidine rings is 1. The molecule has 1 saturated heterocycles. The summed E-state index contributed by atoms with van der Waals surface area (Å²) < 4.78 is 5.46. The fourth-order valence-corrected chi connectivity index (χ4v) is 3.12. The third-order valence-electron chi connectivity index (χ3n) is 4.30. The lowest BCUT2D eigenvalue weighted by Gasteiger charge is -2.33. The number of aromatic nitrogens is 1. The van der Waals surface area contributed by atoms with E-state index in [-0.39, 0.29) is 6.10 Å². The van der Waals surface area contributed by atoms with Crippen molar-refractivity contribution in [2.24, 2.45) is 5.92 Å². The molecule has 0 bridgehead atoms. The second-order valence-electron chi connectivity index (χ2n) is 6.06. The lowest BCUT2D eigenvalue weighted by Crippen LogP contribution is -2.38. The van der Waals surface area contributed by atoms with Gasteiger partial charge in [-0.25, -0.2) is 0 Å². The number of rotatable bonds is 4. The van der Waals surface area contributed by atoms with E-state index >= 15 is 0 Å². The standard InChI is InChI=1S/C17H21ClN2O2/c1-12(21)14-3-2-8-20(10-14)11-16-9-17(19-22-16)13-4-6-15(18)7-5-13/h4-7,9,12,14,21H,2-3,8,10-11H2,1H3. The Morgan fingerprint density at radius 3 is 2.91 bits per heavy atom. The SMILES string of the molecule is CC(O)C1CCCN(Cc2cc(-c3ccc(Cl)cc3)no2)C1. The van der Waals surface area contributed by atoms with Crippen molar-refractivity contribution in [3.8, 4) is 11.3 Å². The summed E-state index contributed by atoms with van der Waals surface area (Å²) in [6, 6.07) is 9.56. The van der Waals surface area contributed by atoms with E-state index in [2.05, 4.69) is 10.1 Å². The highest BCUT2D eigenvalue weighted by Gasteiger charge is 2.24. The van der Waals surface area contributed by atoms with E-state index in [4.69, 9.17) is 16.1 Å². The van der Waals surface area contributed by atoms with Gasteiger partial charge in [-0.05, 0) is 44.4 Å². The van der Waals surface area contributed by atoms with E-state index in [0.717, 1.165) is 49.5 Å². The van der Waals surface area contributed by atoms with Gasteiger partial charge in [0.15, 0.2) is 5.76 Å². The van der Waals surface area contributed by atoms with Crippen molar-refractivity contribution in [2.75, 3.05) is 13.1 Å². The summed E-state index contributed by atoms with van der Waals surface area (Å²) >= 11 is 5.90. The molecule has 1 fully saturated rings. The van der Waals surface area contributed by atoms with Crippen molar-refractivity contribution in [2.45, 2.75) is 32.4 Å². The minimum absolute atomic E-state index is 0.248. The van der Waals surface area contributed by atoms with E-state index in [9.17, 15) is 5.11 Å². The fourth-order valence-electron chi connectivity index (χ4n) is 2.99. The Labute approximate surface area is 135 Å². The monoisotopic (exact) mass is 320 g/mol. The van der Waals surface area contributed by atoms with Crippen LogP contribution in [0.2, 0.25) is 5.02 Å².